The number of hydrogen-bond acceptors (Lipinski definition) is 2. The number of carbonyl (C=O) groups is 1. The molecule has 1 fully saturated rings. The molecule has 1 saturated heterocycles. The summed E-state index contributed by atoms with van der Waals surface area (Å²) in [6, 6.07) is 0. The highest BCUT2D eigenvalue weighted by molar-refractivity contribution is 8.02. The van der Waals surface area contributed by atoms with E-state index in [0.29, 0.717) is 10.4 Å². The summed E-state index contributed by atoms with van der Waals surface area (Å²) >= 11 is 1.80. The zero-order chi connectivity index (χ0) is 11.4. The number of piperidine rings is 1. The zero-order valence-electron chi connectivity index (χ0n) is 9.89. The largest absolute Gasteiger partial charge is 0.318 e. The molecule has 3 nitrogen and oxygen atoms in total. The van der Waals surface area contributed by atoms with Gasteiger partial charge in [-0.2, -0.15) is 4.58 Å². The van der Waals surface area contributed by atoms with Gasteiger partial charge in [-0.3, -0.25) is 0 Å². The quantitative estimate of drug-likeness (QED) is 0.554. The lowest BCUT2D eigenvalue weighted by Gasteiger charge is -2.35. The predicted octanol–water partition coefficient (Wildman–Crippen LogP) is 1.79. The van der Waals surface area contributed by atoms with Gasteiger partial charge in [-0.1, -0.05) is 0 Å². The van der Waals surface area contributed by atoms with E-state index in [0.717, 1.165) is 38.4 Å². The van der Waals surface area contributed by atoms with Crippen LogP contribution in [0.1, 0.15) is 26.2 Å². The average Bonchev–Trinajstić information content (AvgIpc) is 2.34. The molecule has 0 bridgehead atoms. The summed E-state index contributed by atoms with van der Waals surface area (Å²) < 4.78 is 2.83. The molecule has 2 aliphatic rings. The van der Waals surface area contributed by atoms with Crippen LogP contribution in [0.2, 0.25) is 0 Å². The predicted molar refractivity (Wildman–Crippen MR) is 67.3 cm³/mol. The summed E-state index contributed by atoms with van der Waals surface area (Å²) in [4.78, 5) is 12.1. The second-order valence-electron chi connectivity index (χ2n) is 4.49. The van der Waals surface area contributed by atoms with Gasteiger partial charge in [0.1, 0.15) is 0 Å². The molecule has 0 aromatic rings. The molecular weight excluding hydrogens is 220 g/mol. The van der Waals surface area contributed by atoms with Gasteiger partial charge >= 0.3 is 5.91 Å². The lowest BCUT2D eigenvalue weighted by Crippen LogP contribution is -2.58. The molecule has 4 heteroatoms. The van der Waals surface area contributed by atoms with Gasteiger partial charge < -0.3 is 0 Å². The Bertz CT molecular complexity index is 338. The lowest BCUT2D eigenvalue weighted by molar-refractivity contribution is -0.927. The number of quaternary nitrogens is 1. The second kappa shape index (κ2) is 5.15. The molecule has 1 amide bonds. The van der Waals surface area contributed by atoms with Crippen molar-refractivity contribution in [2.24, 2.45) is 0 Å². The van der Waals surface area contributed by atoms with Crippen LogP contribution in [0.3, 0.4) is 0 Å². The molecule has 0 aromatic heterocycles. The fourth-order valence-corrected chi connectivity index (χ4v) is 3.06. The first-order valence-corrected chi connectivity index (χ1v) is 7.08. The summed E-state index contributed by atoms with van der Waals surface area (Å²) in [7, 11) is 0. The minimum atomic E-state index is 0.425. The van der Waals surface area contributed by atoms with Crippen LogP contribution in [-0.2, 0) is 4.79 Å². The highest BCUT2D eigenvalue weighted by Crippen LogP contribution is 2.20. The molecule has 0 aliphatic carbocycles. The van der Waals surface area contributed by atoms with Crippen LogP contribution >= 0.6 is 11.8 Å². The molecule has 2 heterocycles. The standard InChI is InChI=1S/C12H20N2OS/c1-2-14(8-4-3-5-12(14)15)11-13-6-9-16-10-7-13/h6-7,9H,2-5,8,10-11H2,1H3/q+2. The minimum absolute atomic E-state index is 0.425. The zero-order valence-corrected chi connectivity index (χ0v) is 10.7. The minimum Gasteiger partial charge on any atom is -0.231 e. The van der Waals surface area contributed by atoms with Gasteiger partial charge in [0.15, 0.2) is 12.4 Å². The number of hydrogen-bond donors (Lipinski definition) is 0. The van der Waals surface area contributed by atoms with E-state index >= 15 is 0 Å². The molecule has 0 radical (unpaired) electrons. The van der Waals surface area contributed by atoms with Crippen molar-refractivity contribution in [3.63, 3.8) is 0 Å². The number of amides is 1. The molecular formula is C12H20N2OS+2. The molecule has 0 saturated carbocycles. The first-order chi connectivity index (χ1) is 7.77. The Labute approximate surface area is 101 Å². The average molecular weight is 240 g/mol. The van der Waals surface area contributed by atoms with Crippen molar-refractivity contribution in [3.8, 4) is 0 Å². The molecule has 0 spiro atoms. The lowest BCUT2D eigenvalue weighted by atomic mass is 10.1. The third-order valence-corrected chi connectivity index (χ3v) is 4.20. The van der Waals surface area contributed by atoms with Crippen LogP contribution in [-0.4, -0.2) is 46.7 Å². The Kier molecular flexibility index (Phi) is 3.82. The van der Waals surface area contributed by atoms with Gasteiger partial charge in [0, 0.05) is 5.41 Å². The SMILES string of the molecule is CC[N+]1(C[N+]2=CCSC=C2)CCCCC1=O. The fourth-order valence-electron chi connectivity index (χ4n) is 2.43. The van der Waals surface area contributed by atoms with Crippen LogP contribution in [0.4, 0.5) is 0 Å². The number of carbonyl (C=O) groups excluding carboxylic acids is 1. The van der Waals surface area contributed by atoms with Crippen LogP contribution < -0.4 is 0 Å². The Balaban J connectivity index is 2.11. The van der Waals surface area contributed by atoms with Crippen LogP contribution in [0.15, 0.2) is 11.6 Å². The Morgan fingerprint density at radius 1 is 1.50 bits per heavy atom. The highest BCUT2D eigenvalue weighted by atomic mass is 32.2. The number of rotatable bonds is 3. The van der Waals surface area contributed by atoms with Crippen molar-refractivity contribution < 1.29 is 13.9 Å². The summed E-state index contributed by atoms with van der Waals surface area (Å²) in [5.74, 6) is 1.45. The third kappa shape index (κ3) is 2.38. The van der Waals surface area contributed by atoms with Crippen LogP contribution in [0.25, 0.3) is 0 Å². The van der Waals surface area contributed by atoms with E-state index in [-0.39, 0.29) is 0 Å². The van der Waals surface area contributed by atoms with Crippen molar-refractivity contribution in [1.82, 2.24) is 0 Å². The first kappa shape index (κ1) is 11.9. The normalized spacial score (nSPS) is 30.3. The van der Waals surface area contributed by atoms with Gasteiger partial charge in [-0.15, -0.1) is 11.8 Å². The van der Waals surface area contributed by atoms with E-state index in [9.17, 15) is 4.79 Å². The topological polar surface area (TPSA) is 20.1 Å². The molecule has 0 aromatic carbocycles. The van der Waals surface area contributed by atoms with Gasteiger partial charge in [-0.25, -0.2) is 9.28 Å². The smallest absolute Gasteiger partial charge is 0.231 e. The maximum absolute atomic E-state index is 12.1. The summed E-state index contributed by atoms with van der Waals surface area (Å²) in [6.45, 7) is 4.89. The molecule has 16 heavy (non-hydrogen) atoms. The molecule has 0 N–H and O–H groups in total. The van der Waals surface area contributed by atoms with Crippen molar-refractivity contribution in [2.45, 2.75) is 26.2 Å². The van der Waals surface area contributed by atoms with Gasteiger partial charge in [0.25, 0.3) is 6.67 Å². The number of nitrogens with zero attached hydrogens (tertiary/aromatic N) is 2. The maximum atomic E-state index is 12.1. The molecule has 2 aliphatic heterocycles. The van der Waals surface area contributed by atoms with E-state index in [1.807, 2.05) is 0 Å². The van der Waals surface area contributed by atoms with E-state index in [2.05, 4.69) is 29.3 Å². The highest BCUT2D eigenvalue weighted by Gasteiger charge is 2.40. The van der Waals surface area contributed by atoms with Gasteiger partial charge in [0.05, 0.1) is 25.3 Å². The van der Waals surface area contributed by atoms with Crippen molar-refractivity contribution in [1.29, 1.82) is 0 Å². The van der Waals surface area contributed by atoms with E-state index < -0.39 is 0 Å². The Morgan fingerprint density at radius 3 is 3.00 bits per heavy atom. The first-order valence-electron chi connectivity index (χ1n) is 6.04. The monoisotopic (exact) mass is 240 g/mol. The van der Waals surface area contributed by atoms with E-state index in [1.165, 1.54) is 6.42 Å². The second-order valence-corrected chi connectivity index (χ2v) is 5.43. The number of likely N-dealkylation sites (tertiary alicyclic amines) is 1. The van der Waals surface area contributed by atoms with Crippen molar-refractivity contribution in [2.75, 3.05) is 25.5 Å². The van der Waals surface area contributed by atoms with Crippen LogP contribution in [0.5, 0.6) is 0 Å². The van der Waals surface area contributed by atoms with E-state index in [1.54, 1.807) is 11.8 Å². The molecule has 88 valence electrons. The van der Waals surface area contributed by atoms with Crippen molar-refractivity contribution in [3.05, 3.63) is 11.6 Å². The van der Waals surface area contributed by atoms with Gasteiger partial charge in [0.2, 0.25) is 0 Å². The molecule has 1 unspecified atom stereocenters. The van der Waals surface area contributed by atoms with Crippen molar-refractivity contribution >= 4 is 23.9 Å². The Morgan fingerprint density at radius 2 is 2.38 bits per heavy atom. The molecule has 2 rings (SSSR count). The van der Waals surface area contributed by atoms with E-state index in [4.69, 9.17) is 0 Å². The fraction of sp³-hybridized carbons (Fsp3) is 0.667. The Hall–Kier alpha value is -0.610. The third-order valence-electron chi connectivity index (χ3n) is 3.55. The number of thioether (sulfide) groups is 1. The van der Waals surface area contributed by atoms with Crippen LogP contribution in [0, 0.1) is 0 Å². The molecule has 1 atom stereocenters. The summed E-state index contributed by atoms with van der Waals surface area (Å²) in [6.07, 6.45) is 7.30. The summed E-state index contributed by atoms with van der Waals surface area (Å²) in [5, 5.41) is 2.11. The maximum Gasteiger partial charge on any atom is 0.318 e. The summed E-state index contributed by atoms with van der Waals surface area (Å²) in [5.41, 5.74) is 0. The van der Waals surface area contributed by atoms with Gasteiger partial charge in [-0.05, 0) is 19.8 Å².